The third-order valence-electron chi connectivity index (χ3n) is 4.84. The van der Waals surface area contributed by atoms with Gasteiger partial charge in [-0.3, -0.25) is 14.4 Å². The van der Waals surface area contributed by atoms with Gasteiger partial charge in [-0.1, -0.05) is 44.2 Å². The van der Waals surface area contributed by atoms with Crippen LogP contribution in [0.5, 0.6) is 5.75 Å². The number of hydroxylamine groups is 1. The normalized spacial score (nSPS) is 12.9. The number of benzene rings is 2. The third kappa shape index (κ3) is 8.34. The molecule has 0 unspecified atom stereocenters. The molecule has 192 valence electrons. The number of ether oxygens (including phenoxy) is 2. The third-order valence-corrected chi connectivity index (χ3v) is 6.68. The highest BCUT2D eigenvalue weighted by Gasteiger charge is 2.40. The first-order valence-electron chi connectivity index (χ1n) is 11.2. The van der Waals surface area contributed by atoms with Gasteiger partial charge < -0.3 is 9.47 Å². The Labute approximate surface area is 207 Å². The van der Waals surface area contributed by atoms with Gasteiger partial charge in [0.25, 0.3) is 5.91 Å². The largest absolute Gasteiger partial charge is 0.497 e. The fraction of sp³-hybridized carbons (Fsp3) is 0.440. The minimum Gasteiger partial charge on any atom is -0.497 e. The van der Waals surface area contributed by atoms with Crippen molar-refractivity contribution in [1.29, 1.82) is 0 Å². The van der Waals surface area contributed by atoms with Crippen LogP contribution in [-0.4, -0.2) is 49.9 Å². The monoisotopic (exact) mass is 506 g/mol. The lowest BCUT2D eigenvalue weighted by Crippen LogP contribution is -2.54. The number of hydrogen-bond acceptors (Lipinski definition) is 7. The van der Waals surface area contributed by atoms with E-state index in [-0.39, 0.29) is 11.5 Å². The number of nitrogens with zero attached hydrogens (tertiary/aromatic N) is 1. The van der Waals surface area contributed by atoms with Crippen LogP contribution in [0.1, 0.15) is 40.2 Å². The number of sulfonamides is 1. The molecule has 0 aromatic heterocycles. The lowest BCUT2D eigenvalue weighted by atomic mass is 10.0. The number of nitrogens with one attached hydrogen (secondary N) is 1. The number of esters is 1. The molecule has 0 saturated carbocycles. The van der Waals surface area contributed by atoms with Crippen molar-refractivity contribution in [3.05, 3.63) is 60.2 Å². The van der Waals surface area contributed by atoms with Crippen LogP contribution in [0.3, 0.4) is 0 Å². The van der Waals surface area contributed by atoms with E-state index in [2.05, 4.69) is 5.48 Å². The number of methoxy groups -OCH3 is 1. The molecule has 0 fully saturated rings. The molecule has 1 atom stereocenters. The van der Waals surface area contributed by atoms with Gasteiger partial charge in [-0.25, -0.2) is 13.9 Å². The predicted molar refractivity (Wildman–Crippen MR) is 131 cm³/mol. The molecule has 0 aliphatic carbocycles. The van der Waals surface area contributed by atoms with E-state index in [0.29, 0.717) is 5.75 Å². The van der Waals surface area contributed by atoms with Crippen molar-refractivity contribution >= 4 is 21.9 Å². The Balaban J connectivity index is 2.35. The molecule has 35 heavy (non-hydrogen) atoms. The second-order valence-corrected chi connectivity index (χ2v) is 11.1. The Bertz CT molecular complexity index is 1080. The molecule has 0 bridgehead atoms. The molecule has 10 heteroatoms. The molecule has 0 heterocycles. The highest BCUT2D eigenvalue weighted by atomic mass is 32.2. The molecule has 0 aliphatic heterocycles. The minimum atomic E-state index is -4.28. The first-order valence-corrected chi connectivity index (χ1v) is 12.6. The lowest BCUT2D eigenvalue weighted by Gasteiger charge is -2.32. The molecular formula is C25H34N2O7S. The molecule has 2 aromatic carbocycles. The Morgan fingerprint density at radius 3 is 2.11 bits per heavy atom. The predicted octanol–water partition coefficient (Wildman–Crippen LogP) is 3.30. The van der Waals surface area contributed by atoms with Crippen molar-refractivity contribution in [2.75, 3.05) is 13.7 Å². The molecule has 0 spiro atoms. The Morgan fingerprint density at radius 2 is 1.60 bits per heavy atom. The van der Waals surface area contributed by atoms with Crippen molar-refractivity contribution < 1.29 is 32.3 Å². The molecule has 1 amide bonds. The lowest BCUT2D eigenvalue weighted by molar-refractivity contribution is -0.156. The second kappa shape index (κ2) is 12.1. The standard InChI is InChI=1S/C25H34N2O7S/c1-18(2)23(24(29)26-33-17-19-10-8-7-9-11-19)27(16-22(28)34-25(3,4)5)35(30,31)21-14-12-20(32-6)13-15-21/h7-15,18,23H,16-17H2,1-6H3,(H,26,29)/t23-/m1/s1. The molecule has 9 nitrogen and oxygen atoms in total. The van der Waals surface area contributed by atoms with Crippen LogP contribution < -0.4 is 10.2 Å². The van der Waals surface area contributed by atoms with Crippen molar-refractivity contribution in [2.24, 2.45) is 5.92 Å². The van der Waals surface area contributed by atoms with Crippen LogP contribution in [-0.2, 0) is 35.8 Å². The highest BCUT2D eigenvalue weighted by Crippen LogP contribution is 2.25. The van der Waals surface area contributed by atoms with Crippen molar-refractivity contribution in [2.45, 2.75) is 57.8 Å². The van der Waals surface area contributed by atoms with E-state index in [0.717, 1.165) is 9.87 Å². The van der Waals surface area contributed by atoms with E-state index >= 15 is 0 Å². The molecule has 0 radical (unpaired) electrons. The maximum atomic E-state index is 13.6. The SMILES string of the molecule is COc1ccc(S(=O)(=O)N(CC(=O)OC(C)(C)C)[C@@H](C(=O)NOCc2ccccc2)C(C)C)cc1. The van der Waals surface area contributed by atoms with Gasteiger partial charge in [-0.05, 0) is 56.5 Å². The molecule has 2 rings (SSSR count). The zero-order valence-corrected chi connectivity index (χ0v) is 21.8. The Morgan fingerprint density at radius 1 is 1.00 bits per heavy atom. The van der Waals surface area contributed by atoms with Crippen molar-refractivity contribution in [3.63, 3.8) is 0 Å². The molecule has 1 N–H and O–H groups in total. The summed E-state index contributed by atoms with van der Waals surface area (Å²) in [6.45, 7) is 7.85. The van der Waals surface area contributed by atoms with E-state index < -0.39 is 46.0 Å². The summed E-state index contributed by atoms with van der Waals surface area (Å²) < 4.78 is 38.6. The van der Waals surface area contributed by atoms with Crippen molar-refractivity contribution in [3.8, 4) is 5.75 Å². The average molecular weight is 507 g/mol. The minimum absolute atomic E-state index is 0.0920. The van der Waals surface area contributed by atoms with Crippen LogP contribution in [0.15, 0.2) is 59.5 Å². The van der Waals surface area contributed by atoms with Gasteiger partial charge in [0, 0.05) is 0 Å². The summed E-state index contributed by atoms with van der Waals surface area (Å²) in [6, 6.07) is 13.6. The molecular weight excluding hydrogens is 472 g/mol. The maximum absolute atomic E-state index is 13.6. The maximum Gasteiger partial charge on any atom is 0.321 e. The van der Waals surface area contributed by atoms with Crippen LogP contribution in [0, 0.1) is 5.92 Å². The molecule has 2 aromatic rings. The Hall–Kier alpha value is -2.95. The van der Waals surface area contributed by atoms with Gasteiger partial charge in [0.15, 0.2) is 0 Å². The summed E-state index contributed by atoms with van der Waals surface area (Å²) in [5, 5.41) is 0. The Kier molecular flexibility index (Phi) is 9.82. The summed E-state index contributed by atoms with van der Waals surface area (Å²) in [7, 11) is -2.82. The van der Waals surface area contributed by atoms with E-state index in [1.807, 2.05) is 30.3 Å². The number of rotatable bonds is 11. The quantitative estimate of drug-likeness (QED) is 0.368. The first-order chi connectivity index (χ1) is 16.3. The van der Waals surface area contributed by atoms with Gasteiger partial charge in [0.05, 0.1) is 18.6 Å². The summed E-state index contributed by atoms with van der Waals surface area (Å²) in [4.78, 5) is 31.1. The summed E-state index contributed by atoms with van der Waals surface area (Å²) >= 11 is 0. The molecule has 0 aliphatic rings. The fourth-order valence-electron chi connectivity index (χ4n) is 3.31. The number of hydrogen-bond donors (Lipinski definition) is 1. The topological polar surface area (TPSA) is 111 Å². The van der Waals surface area contributed by atoms with Gasteiger partial charge in [-0.2, -0.15) is 4.31 Å². The zero-order valence-electron chi connectivity index (χ0n) is 21.0. The zero-order chi connectivity index (χ0) is 26.2. The summed E-state index contributed by atoms with van der Waals surface area (Å²) in [5.41, 5.74) is 2.33. The number of carbonyl (C=O) groups is 2. The van der Waals surface area contributed by atoms with Gasteiger partial charge in [0.2, 0.25) is 10.0 Å². The average Bonchev–Trinajstić information content (AvgIpc) is 2.78. The fourth-order valence-corrected chi connectivity index (χ4v) is 4.97. The van der Waals surface area contributed by atoms with Crippen molar-refractivity contribution in [1.82, 2.24) is 9.79 Å². The van der Waals surface area contributed by atoms with E-state index in [9.17, 15) is 18.0 Å². The number of carbonyl (C=O) groups excluding carboxylic acids is 2. The van der Waals surface area contributed by atoms with Crippen LogP contribution in [0.25, 0.3) is 0 Å². The van der Waals surface area contributed by atoms with Gasteiger partial charge >= 0.3 is 5.97 Å². The van der Waals surface area contributed by atoms with E-state index in [1.165, 1.54) is 31.4 Å². The summed E-state index contributed by atoms with van der Waals surface area (Å²) in [5.74, 6) is -1.50. The van der Waals surface area contributed by atoms with Gasteiger partial charge in [-0.15, -0.1) is 0 Å². The molecule has 0 saturated heterocycles. The smallest absolute Gasteiger partial charge is 0.321 e. The first kappa shape index (κ1) is 28.3. The van der Waals surface area contributed by atoms with Crippen LogP contribution >= 0.6 is 0 Å². The number of amides is 1. The second-order valence-electron chi connectivity index (χ2n) is 9.24. The van der Waals surface area contributed by atoms with Crippen LogP contribution in [0.2, 0.25) is 0 Å². The van der Waals surface area contributed by atoms with E-state index in [1.54, 1.807) is 34.6 Å². The summed E-state index contributed by atoms with van der Waals surface area (Å²) in [6.07, 6.45) is 0. The highest BCUT2D eigenvalue weighted by molar-refractivity contribution is 7.89. The van der Waals surface area contributed by atoms with E-state index in [4.69, 9.17) is 14.3 Å². The van der Waals surface area contributed by atoms with Gasteiger partial charge in [0.1, 0.15) is 23.9 Å². The van der Waals surface area contributed by atoms with Crippen LogP contribution in [0.4, 0.5) is 0 Å².